The van der Waals surface area contributed by atoms with Crippen molar-refractivity contribution >= 4 is 17.1 Å². The van der Waals surface area contributed by atoms with Crippen molar-refractivity contribution in [2.45, 2.75) is 19.8 Å². The van der Waals surface area contributed by atoms with Gasteiger partial charge in [-0.25, -0.2) is 9.37 Å². The first-order valence-electron chi connectivity index (χ1n) is 5.31. The third-order valence-electron chi connectivity index (χ3n) is 2.39. The summed E-state index contributed by atoms with van der Waals surface area (Å²) in [6.45, 7) is 1.90. The highest BCUT2D eigenvalue weighted by Gasteiger charge is 2.10. The van der Waals surface area contributed by atoms with Gasteiger partial charge in [0, 0.05) is 18.2 Å². The molecule has 0 aliphatic heterocycles. The van der Waals surface area contributed by atoms with E-state index in [0.29, 0.717) is 5.56 Å². The number of ketones is 1. The fourth-order valence-electron chi connectivity index (χ4n) is 1.61. The molecule has 0 N–H and O–H groups in total. The number of hydrogen-bond donors (Lipinski definition) is 0. The van der Waals surface area contributed by atoms with Gasteiger partial charge in [0.05, 0.1) is 10.7 Å². The molecule has 0 radical (unpaired) electrons. The van der Waals surface area contributed by atoms with Crippen LogP contribution in [0.1, 0.15) is 16.3 Å². The van der Waals surface area contributed by atoms with Gasteiger partial charge in [-0.2, -0.15) is 0 Å². The van der Waals surface area contributed by atoms with Crippen LogP contribution in [-0.2, 0) is 17.6 Å². The molecule has 4 heteroatoms. The van der Waals surface area contributed by atoms with E-state index in [-0.39, 0.29) is 24.4 Å². The predicted molar refractivity (Wildman–Crippen MR) is 65.7 cm³/mol. The van der Waals surface area contributed by atoms with Gasteiger partial charge in [0.1, 0.15) is 11.6 Å². The average Bonchev–Trinajstić information content (AvgIpc) is 2.67. The van der Waals surface area contributed by atoms with E-state index < -0.39 is 0 Å². The molecule has 2 aromatic rings. The first-order chi connectivity index (χ1) is 8.15. The SMILES string of the molecule is Cc1nc(CC(=O)Cc2ccccc2F)cs1. The second-order valence-electron chi connectivity index (χ2n) is 3.84. The molecule has 0 aliphatic rings. The van der Waals surface area contributed by atoms with Gasteiger partial charge in [0.15, 0.2) is 0 Å². The molecular weight excluding hydrogens is 237 g/mol. The minimum absolute atomic E-state index is 0.0135. The van der Waals surface area contributed by atoms with Gasteiger partial charge in [-0.15, -0.1) is 11.3 Å². The lowest BCUT2D eigenvalue weighted by molar-refractivity contribution is -0.117. The summed E-state index contributed by atoms with van der Waals surface area (Å²) in [4.78, 5) is 16.0. The van der Waals surface area contributed by atoms with Gasteiger partial charge in [-0.3, -0.25) is 4.79 Å². The van der Waals surface area contributed by atoms with E-state index in [4.69, 9.17) is 0 Å². The van der Waals surface area contributed by atoms with E-state index in [9.17, 15) is 9.18 Å². The van der Waals surface area contributed by atoms with Crippen LogP contribution in [0.2, 0.25) is 0 Å². The van der Waals surface area contributed by atoms with Gasteiger partial charge in [0.2, 0.25) is 0 Å². The first kappa shape index (κ1) is 11.9. The third kappa shape index (κ3) is 3.20. The fraction of sp³-hybridized carbons (Fsp3) is 0.231. The number of aryl methyl sites for hydroxylation is 1. The summed E-state index contributed by atoms with van der Waals surface area (Å²) in [6, 6.07) is 6.36. The molecule has 0 amide bonds. The van der Waals surface area contributed by atoms with Crippen molar-refractivity contribution in [3.63, 3.8) is 0 Å². The van der Waals surface area contributed by atoms with Gasteiger partial charge in [-0.05, 0) is 18.6 Å². The van der Waals surface area contributed by atoms with Crippen molar-refractivity contribution in [2.75, 3.05) is 0 Å². The Balaban J connectivity index is 2.01. The number of Topliss-reactive ketones (excluding diaryl/α,β-unsaturated/α-hetero) is 1. The summed E-state index contributed by atoms with van der Waals surface area (Å²) in [5, 5.41) is 2.81. The zero-order valence-corrected chi connectivity index (χ0v) is 10.3. The Morgan fingerprint density at radius 3 is 2.76 bits per heavy atom. The normalized spacial score (nSPS) is 10.5. The van der Waals surface area contributed by atoms with E-state index in [2.05, 4.69) is 4.98 Å². The number of hydrogen-bond acceptors (Lipinski definition) is 3. The van der Waals surface area contributed by atoms with Crippen LogP contribution in [0.5, 0.6) is 0 Å². The Morgan fingerprint density at radius 2 is 2.12 bits per heavy atom. The lowest BCUT2D eigenvalue weighted by Gasteiger charge is -2.01. The van der Waals surface area contributed by atoms with E-state index in [1.165, 1.54) is 17.4 Å². The predicted octanol–water partition coefficient (Wildman–Crippen LogP) is 2.94. The van der Waals surface area contributed by atoms with Crippen LogP contribution < -0.4 is 0 Å². The van der Waals surface area contributed by atoms with Crippen molar-refractivity contribution < 1.29 is 9.18 Å². The van der Waals surface area contributed by atoms with Crippen molar-refractivity contribution in [2.24, 2.45) is 0 Å². The summed E-state index contributed by atoms with van der Waals surface area (Å²) in [5.41, 5.74) is 1.22. The zero-order valence-electron chi connectivity index (χ0n) is 9.44. The van der Waals surface area contributed by atoms with Crippen molar-refractivity contribution in [3.05, 3.63) is 51.7 Å². The minimum Gasteiger partial charge on any atom is -0.299 e. The monoisotopic (exact) mass is 249 g/mol. The summed E-state index contributed by atoms with van der Waals surface area (Å²) in [5.74, 6) is -0.337. The lowest BCUT2D eigenvalue weighted by atomic mass is 10.1. The zero-order chi connectivity index (χ0) is 12.3. The van der Waals surface area contributed by atoms with Crippen LogP contribution in [0.25, 0.3) is 0 Å². The molecule has 0 aliphatic carbocycles. The summed E-state index contributed by atoms with van der Waals surface area (Å²) < 4.78 is 13.3. The molecule has 0 unspecified atom stereocenters. The molecule has 2 rings (SSSR count). The van der Waals surface area contributed by atoms with Crippen LogP contribution in [-0.4, -0.2) is 10.8 Å². The maximum Gasteiger partial charge on any atom is 0.143 e. The highest BCUT2D eigenvalue weighted by Crippen LogP contribution is 2.12. The molecule has 1 heterocycles. The Hall–Kier alpha value is -1.55. The Morgan fingerprint density at radius 1 is 1.35 bits per heavy atom. The van der Waals surface area contributed by atoms with E-state index in [0.717, 1.165) is 10.7 Å². The number of thiazole rings is 1. The largest absolute Gasteiger partial charge is 0.299 e. The van der Waals surface area contributed by atoms with Crippen LogP contribution in [0.4, 0.5) is 4.39 Å². The number of halogens is 1. The van der Waals surface area contributed by atoms with E-state index in [1.54, 1.807) is 18.2 Å². The van der Waals surface area contributed by atoms with Crippen molar-refractivity contribution in [1.29, 1.82) is 0 Å². The molecule has 0 saturated carbocycles. The molecule has 2 nitrogen and oxygen atoms in total. The van der Waals surface area contributed by atoms with Crippen molar-refractivity contribution in [3.8, 4) is 0 Å². The highest BCUT2D eigenvalue weighted by atomic mass is 32.1. The standard InChI is InChI=1S/C13H12FNOS/c1-9-15-11(8-17-9)7-12(16)6-10-4-2-3-5-13(10)14/h2-5,8H,6-7H2,1H3. The first-order valence-corrected chi connectivity index (χ1v) is 6.19. The number of nitrogens with zero attached hydrogens (tertiary/aromatic N) is 1. The number of carbonyl (C=O) groups is 1. The fourth-order valence-corrected chi connectivity index (χ4v) is 2.22. The molecule has 0 spiro atoms. The summed E-state index contributed by atoms with van der Waals surface area (Å²) in [6.07, 6.45) is 0.405. The summed E-state index contributed by atoms with van der Waals surface area (Å²) >= 11 is 1.52. The molecule has 0 bridgehead atoms. The molecule has 0 fully saturated rings. The Labute approximate surface area is 103 Å². The summed E-state index contributed by atoms with van der Waals surface area (Å²) in [7, 11) is 0. The smallest absolute Gasteiger partial charge is 0.143 e. The van der Waals surface area contributed by atoms with Gasteiger partial charge < -0.3 is 0 Å². The van der Waals surface area contributed by atoms with Gasteiger partial charge in [-0.1, -0.05) is 18.2 Å². The Kier molecular flexibility index (Phi) is 3.64. The second-order valence-corrected chi connectivity index (χ2v) is 4.90. The maximum absolute atomic E-state index is 13.3. The molecule has 0 saturated heterocycles. The molecule has 88 valence electrons. The van der Waals surface area contributed by atoms with E-state index >= 15 is 0 Å². The number of carbonyl (C=O) groups excluding carboxylic acids is 1. The van der Waals surface area contributed by atoms with E-state index in [1.807, 2.05) is 12.3 Å². The molecule has 1 aromatic carbocycles. The van der Waals surface area contributed by atoms with Crippen LogP contribution in [0.3, 0.4) is 0 Å². The highest BCUT2D eigenvalue weighted by molar-refractivity contribution is 7.09. The Bertz CT molecular complexity index is 536. The average molecular weight is 249 g/mol. The number of aromatic nitrogens is 1. The van der Waals surface area contributed by atoms with Crippen LogP contribution in [0, 0.1) is 12.7 Å². The lowest BCUT2D eigenvalue weighted by Crippen LogP contribution is -2.08. The second kappa shape index (κ2) is 5.19. The molecule has 0 atom stereocenters. The quantitative estimate of drug-likeness (QED) is 0.834. The number of benzene rings is 1. The minimum atomic E-state index is -0.324. The third-order valence-corrected chi connectivity index (χ3v) is 3.21. The molecule has 1 aromatic heterocycles. The van der Waals surface area contributed by atoms with Crippen LogP contribution >= 0.6 is 11.3 Å². The maximum atomic E-state index is 13.3. The van der Waals surface area contributed by atoms with Crippen molar-refractivity contribution in [1.82, 2.24) is 4.98 Å². The molecule has 17 heavy (non-hydrogen) atoms. The number of rotatable bonds is 4. The van der Waals surface area contributed by atoms with Gasteiger partial charge >= 0.3 is 0 Å². The van der Waals surface area contributed by atoms with Gasteiger partial charge in [0.25, 0.3) is 0 Å². The van der Waals surface area contributed by atoms with Crippen LogP contribution in [0.15, 0.2) is 29.6 Å². The molecular formula is C13H12FNOS. The topological polar surface area (TPSA) is 30.0 Å².